The van der Waals surface area contributed by atoms with Crippen LogP contribution in [-0.2, 0) is 11.2 Å². The molecule has 0 atom stereocenters. The Morgan fingerprint density at radius 1 is 1.14 bits per heavy atom. The first-order chi connectivity index (χ1) is 13.7. The van der Waals surface area contributed by atoms with Crippen LogP contribution in [0.1, 0.15) is 31.7 Å². The molecule has 3 amide bonds. The van der Waals surface area contributed by atoms with E-state index in [0.29, 0.717) is 23.7 Å². The first kappa shape index (κ1) is 18.3. The molecule has 0 aromatic heterocycles. The Hall–Kier alpha value is -3.02. The molecule has 146 valence electrons. The maximum Gasteiger partial charge on any atom is 0.323 e. The number of para-hydroxylation sites is 2. The topological polar surface area (TPSA) is 70.7 Å². The third kappa shape index (κ3) is 3.96. The lowest BCUT2D eigenvalue weighted by Gasteiger charge is -2.30. The number of amides is 3. The molecule has 6 nitrogen and oxygen atoms in total. The molecule has 2 N–H and O–H groups in total. The average molecular weight is 379 g/mol. The number of rotatable bonds is 5. The number of anilines is 3. The Morgan fingerprint density at radius 3 is 2.75 bits per heavy atom. The summed E-state index contributed by atoms with van der Waals surface area (Å²) in [5, 5.41) is 5.71. The van der Waals surface area contributed by atoms with Crippen LogP contribution in [0.3, 0.4) is 0 Å². The molecule has 0 saturated heterocycles. The number of ether oxygens (including phenoxy) is 1. The van der Waals surface area contributed by atoms with Gasteiger partial charge in [-0.25, -0.2) is 4.79 Å². The van der Waals surface area contributed by atoms with Crippen LogP contribution in [0.4, 0.5) is 21.9 Å². The second-order valence-electron chi connectivity index (χ2n) is 7.22. The van der Waals surface area contributed by atoms with Crippen molar-refractivity contribution in [3.63, 3.8) is 0 Å². The van der Waals surface area contributed by atoms with Gasteiger partial charge in [-0.1, -0.05) is 12.1 Å². The van der Waals surface area contributed by atoms with Gasteiger partial charge in [0.1, 0.15) is 5.75 Å². The van der Waals surface area contributed by atoms with Crippen LogP contribution in [0, 0.1) is 5.92 Å². The Labute approximate surface area is 164 Å². The number of nitrogens with one attached hydrogen (secondary N) is 2. The highest BCUT2D eigenvalue weighted by molar-refractivity contribution is 6.01. The normalized spacial score (nSPS) is 15.5. The third-order valence-corrected chi connectivity index (χ3v) is 5.08. The molecule has 2 aromatic rings. The Bertz CT molecular complexity index is 892. The third-order valence-electron chi connectivity index (χ3n) is 5.08. The maximum atomic E-state index is 12.5. The summed E-state index contributed by atoms with van der Waals surface area (Å²) >= 11 is 0. The Morgan fingerprint density at radius 2 is 1.96 bits per heavy atom. The van der Waals surface area contributed by atoms with E-state index in [1.165, 1.54) is 0 Å². The molecule has 0 radical (unpaired) electrons. The molecule has 1 aliphatic carbocycles. The molecule has 0 unspecified atom stereocenters. The minimum absolute atomic E-state index is 0.208. The first-order valence-corrected chi connectivity index (χ1v) is 9.90. The minimum atomic E-state index is -0.325. The molecule has 6 heteroatoms. The fourth-order valence-corrected chi connectivity index (χ4v) is 3.59. The van der Waals surface area contributed by atoms with E-state index in [4.69, 9.17) is 4.74 Å². The fourth-order valence-electron chi connectivity index (χ4n) is 3.59. The van der Waals surface area contributed by atoms with E-state index in [9.17, 15) is 9.59 Å². The second kappa shape index (κ2) is 7.92. The summed E-state index contributed by atoms with van der Waals surface area (Å²) in [5.41, 5.74) is 3.43. The molecule has 0 spiro atoms. The van der Waals surface area contributed by atoms with E-state index < -0.39 is 0 Å². The van der Waals surface area contributed by atoms with Crippen LogP contribution in [0.5, 0.6) is 5.75 Å². The van der Waals surface area contributed by atoms with Gasteiger partial charge in [0.2, 0.25) is 5.91 Å². The van der Waals surface area contributed by atoms with Crippen molar-refractivity contribution in [1.82, 2.24) is 0 Å². The molecule has 2 aliphatic rings. The monoisotopic (exact) mass is 379 g/mol. The highest BCUT2D eigenvalue weighted by Gasteiger charge is 2.35. The molecule has 0 bridgehead atoms. The number of hydrogen-bond acceptors (Lipinski definition) is 3. The van der Waals surface area contributed by atoms with E-state index in [1.807, 2.05) is 48.2 Å². The quantitative estimate of drug-likeness (QED) is 0.808. The van der Waals surface area contributed by atoms with Crippen LogP contribution >= 0.6 is 0 Å². The predicted molar refractivity (Wildman–Crippen MR) is 110 cm³/mol. The number of nitrogens with zero attached hydrogens (tertiary/aromatic N) is 1. The van der Waals surface area contributed by atoms with E-state index in [1.54, 1.807) is 6.07 Å². The lowest BCUT2D eigenvalue weighted by atomic mass is 10.0. The van der Waals surface area contributed by atoms with Crippen molar-refractivity contribution >= 4 is 29.0 Å². The SMILES string of the molecule is CCOc1ccccc1NC(=O)Nc1ccc2c(c1)CCCN2C(=O)C1CC1. The second-order valence-corrected chi connectivity index (χ2v) is 7.22. The van der Waals surface area contributed by atoms with Gasteiger partial charge in [-0.3, -0.25) is 4.79 Å². The van der Waals surface area contributed by atoms with Crippen molar-refractivity contribution < 1.29 is 14.3 Å². The van der Waals surface area contributed by atoms with Gasteiger partial charge in [0.05, 0.1) is 12.3 Å². The molecule has 1 saturated carbocycles. The van der Waals surface area contributed by atoms with Crippen molar-refractivity contribution in [3.05, 3.63) is 48.0 Å². The lowest BCUT2D eigenvalue weighted by Crippen LogP contribution is -2.36. The molecule has 2 aromatic carbocycles. The predicted octanol–water partition coefficient (Wildman–Crippen LogP) is 4.42. The van der Waals surface area contributed by atoms with Crippen molar-refractivity contribution in [2.45, 2.75) is 32.6 Å². The van der Waals surface area contributed by atoms with Gasteiger partial charge in [0.25, 0.3) is 0 Å². The van der Waals surface area contributed by atoms with Crippen LogP contribution in [0.25, 0.3) is 0 Å². The number of hydrogen-bond donors (Lipinski definition) is 2. The zero-order valence-electron chi connectivity index (χ0n) is 16.0. The van der Waals surface area contributed by atoms with Gasteiger partial charge in [-0.2, -0.15) is 0 Å². The largest absolute Gasteiger partial charge is 0.492 e. The van der Waals surface area contributed by atoms with Gasteiger partial charge in [0, 0.05) is 23.8 Å². The van der Waals surface area contributed by atoms with Gasteiger partial charge in [0.15, 0.2) is 0 Å². The highest BCUT2D eigenvalue weighted by Crippen LogP contribution is 2.36. The maximum absolute atomic E-state index is 12.5. The summed E-state index contributed by atoms with van der Waals surface area (Å²) < 4.78 is 5.54. The standard InChI is InChI=1S/C22H25N3O3/c1-2-28-20-8-4-3-7-18(20)24-22(27)23-17-11-12-19-16(14-17)6-5-13-25(19)21(26)15-9-10-15/h3-4,7-8,11-12,14-15H,2,5-6,9-10,13H2,1H3,(H2,23,24,27). The van der Waals surface area contributed by atoms with Crippen LogP contribution in [0.2, 0.25) is 0 Å². The molecule has 4 rings (SSSR count). The van der Waals surface area contributed by atoms with Crippen molar-refractivity contribution in [2.75, 3.05) is 28.7 Å². The summed E-state index contributed by atoms with van der Waals surface area (Å²) in [4.78, 5) is 26.9. The lowest BCUT2D eigenvalue weighted by molar-refractivity contribution is -0.119. The Kier molecular flexibility index (Phi) is 5.19. The van der Waals surface area contributed by atoms with Crippen LogP contribution in [-0.4, -0.2) is 25.1 Å². The zero-order valence-corrected chi connectivity index (χ0v) is 16.0. The molecule has 1 aliphatic heterocycles. The van der Waals surface area contributed by atoms with E-state index in [2.05, 4.69) is 10.6 Å². The van der Waals surface area contributed by atoms with Gasteiger partial charge in [-0.15, -0.1) is 0 Å². The zero-order chi connectivity index (χ0) is 19.5. The van der Waals surface area contributed by atoms with Crippen molar-refractivity contribution in [1.29, 1.82) is 0 Å². The van der Waals surface area contributed by atoms with Gasteiger partial charge in [-0.05, 0) is 68.5 Å². The number of benzene rings is 2. The number of fused-ring (bicyclic) bond motifs is 1. The van der Waals surface area contributed by atoms with Gasteiger partial charge >= 0.3 is 6.03 Å². The summed E-state index contributed by atoms with van der Waals surface area (Å²) in [6, 6.07) is 12.8. The molecule has 1 heterocycles. The van der Waals surface area contributed by atoms with Crippen LogP contribution < -0.4 is 20.3 Å². The summed E-state index contributed by atoms with van der Waals surface area (Å²) in [6.07, 6.45) is 3.87. The van der Waals surface area contributed by atoms with E-state index in [0.717, 1.165) is 43.5 Å². The molecular weight excluding hydrogens is 354 g/mol. The summed E-state index contributed by atoms with van der Waals surface area (Å²) in [5.74, 6) is 1.09. The summed E-state index contributed by atoms with van der Waals surface area (Å²) in [7, 11) is 0. The number of carbonyl (C=O) groups is 2. The minimum Gasteiger partial charge on any atom is -0.492 e. The molecule has 1 fully saturated rings. The van der Waals surface area contributed by atoms with E-state index >= 15 is 0 Å². The number of carbonyl (C=O) groups excluding carboxylic acids is 2. The summed E-state index contributed by atoms with van der Waals surface area (Å²) in [6.45, 7) is 3.21. The van der Waals surface area contributed by atoms with E-state index in [-0.39, 0.29) is 17.9 Å². The molecule has 28 heavy (non-hydrogen) atoms. The van der Waals surface area contributed by atoms with Crippen molar-refractivity contribution in [3.8, 4) is 5.75 Å². The average Bonchev–Trinajstić information content (AvgIpc) is 3.54. The molecular formula is C22H25N3O3. The first-order valence-electron chi connectivity index (χ1n) is 9.90. The smallest absolute Gasteiger partial charge is 0.323 e. The number of urea groups is 1. The number of aryl methyl sites for hydroxylation is 1. The van der Waals surface area contributed by atoms with Crippen LogP contribution in [0.15, 0.2) is 42.5 Å². The van der Waals surface area contributed by atoms with Crippen molar-refractivity contribution in [2.24, 2.45) is 5.92 Å². The highest BCUT2D eigenvalue weighted by atomic mass is 16.5. The Balaban J connectivity index is 1.46. The van der Waals surface area contributed by atoms with Gasteiger partial charge < -0.3 is 20.3 Å². The fraction of sp³-hybridized carbons (Fsp3) is 0.364.